The Morgan fingerprint density at radius 1 is 1.03 bits per heavy atom. The first kappa shape index (κ1) is 24.0. The lowest BCUT2D eigenvalue weighted by Crippen LogP contribution is -2.35. The van der Waals surface area contributed by atoms with Crippen LogP contribution in [-0.4, -0.2) is 45.8 Å². The van der Waals surface area contributed by atoms with Crippen molar-refractivity contribution < 1.29 is 26.5 Å². The second kappa shape index (κ2) is 9.43. The Labute approximate surface area is 187 Å². The largest absolute Gasteiger partial charge is 0.492 e. The molecule has 12 heteroatoms. The van der Waals surface area contributed by atoms with E-state index in [1.54, 1.807) is 6.92 Å². The summed E-state index contributed by atoms with van der Waals surface area (Å²) in [4.78, 5) is 9.99. The van der Waals surface area contributed by atoms with Gasteiger partial charge in [0, 0.05) is 25.2 Å². The summed E-state index contributed by atoms with van der Waals surface area (Å²) in [5.74, 6) is 0.132. The molecule has 1 aliphatic rings. The SMILES string of the molecule is CCOc1ccc(NS(=O)(=O)c2cc([N+](=O)[O-])ccc2C)cc1S(=O)(=O)N1CCCCC1. The van der Waals surface area contributed by atoms with Crippen LogP contribution in [0, 0.1) is 17.0 Å². The number of nitro benzene ring substituents is 1. The molecule has 0 amide bonds. The van der Waals surface area contributed by atoms with Gasteiger partial charge in [0.1, 0.15) is 10.6 Å². The third-order valence-electron chi connectivity index (χ3n) is 5.10. The van der Waals surface area contributed by atoms with Gasteiger partial charge in [-0.05, 0) is 50.5 Å². The van der Waals surface area contributed by atoms with Gasteiger partial charge in [-0.1, -0.05) is 12.5 Å². The van der Waals surface area contributed by atoms with E-state index in [1.807, 2.05) is 0 Å². The van der Waals surface area contributed by atoms with Crippen molar-refractivity contribution in [2.75, 3.05) is 24.4 Å². The number of nitro groups is 1. The van der Waals surface area contributed by atoms with Crippen LogP contribution in [0.3, 0.4) is 0 Å². The molecule has 174 valence electrons. The summed E-state index contributed by atoms with van der Waals surface area (Å²) in [5.41, 5.74) is -0.0406. The average molecular weight is 484 g/mol. The highest BCUT2D eigenvalue weighted by Gasteiger charge is 2.30. The van der Waals surface area contributed by atoms with E-state index in [0.29, 0.717) is 18.7 Å². The fourth-order valence-corrected chi connectivity index (χ4v) is 6.48. The van der Waals surface area contributed by atoms with Gasteiger partial charge < -0.3 is 4.74 Å². The Morgan fingerprint density at radius 2 is 1.72 bits per heavy atom. The lowest BCUT2D eigenvalue weighted by Gasteiger charge is -2.27. The van der Waals surface area contributed by atoms with Crippen LogP contribution in [0.1, 0.15) is 31.7 Å². The molecule has 2 aromatic carbocycles. The fourth-order valence-electron chi connectivity index (χ4n) is 3.49. The van der Waals surface area contributed by atoms with Crippen molar-refractivity contribution >= 4 is 31.4 Å². The third-order valence-corrected chi connectivity index (χ3v) is 8.54. The van der Waals surface area contributed by atoms with Crippen LogP contribution in [0.5, 0.6) is 5.75 Å². The van der Waals surface area contributed by atoms with Gasteiger partial charge in [-0.25, -0.2) is 16.8 Å². The summed E-state index contributed by atoms with van der Waals surface area (Å²) in [5, 5.41) is 11.1. The Bertz CT molecular complexity index is 1220. The Kier molecular flexibility index (Phi) is 7.06. The minimum atomic E-state index is -4.22. The van der Waals surface area contributed by atoms with Crippen molar-refractivity contribution in [3.8, 4) is 5.75 Å². The monoisotopic (exact) mass is 483 g/mol. The topological polar surface area (TPSA) is 136 Å². The molecule has 10 nitrogen and oxygen atoms in total. The van der Waals surface area contributed by atoms with E-state index < -0.39 is 25.0 Å². The van der Waals surface area contributed by atoms with Crippen molar-refractivity contribution in [1.29, 1.82) is 0 Å². The quantitative estimate of drug-likeness (QED) is 0.449. The predicted molar refractivity (Wildman–Crippen MR) is 119 cm³/mol. The summed E-state index contributed by atoms with van der Waals surface area (Å²) in [7, 11) is -8.12. The highest BCUT2D eigenvalue weighted by Crippen LogP contribution is 2.32. The van der Waals surface area contributed by atoms with E-state index >= 15 is 0 Å². The molecular weight excluding hydrogens is 458 g/mol. The molecule has 1 aliphatic heterocycles. The van der Waals surface area contributed by atoms with Crippen molar-refractivity contribution in [3.63, 3.8) is 0 Å². The fraction of sp³-hybridized carbons (Fsp3) is 0.400. The number of piperidine rings is 1. The van der Waals surface area contributed by atoms with Crippen LogP contribution in [0.4, 0.5) is 11.4 Å². The van der Waals surface area contributed by atoms with Crippen LogP contribution in [0.15, 0.2) is 46.2 Å². The molecule has 3 rings (SSSR count). The number of nitrogens with zero attached hydrogens (tertiary/aromatic N) is 2. The van der Waals surface area contributed by atoms with Gasteiger partial charge in [0.15, 0.2) is 0 Å². The zero-order valence-electron chi connectivity index (χ0n) is 17.8. The third kappa shape index (κ3) is 5.03. The van der Waals surface area contributed by atoms with Gasteiger partial charge in [-0.3, -0.25) is 14.8 Å². The number of benzene rings is 2. The highest BCUT2D eigenvalue weighted by molar-refractivity contribution is 7.92. The number of ether oxygens (including phenoxy) is 1. The maximum absolute atomic E-state index is 13.2. The van der Waals surface area contributed by atoms with Crippen molar-refractivity contribution in [2.24, 2.45) is 0 Å². The number of hydrogen-bond acceptors (Lipinski definition) is 7. The summed E-state index contributed by atoms with van der Waals surface area (Å²) in [6, 6.07) is 7.55. The van der Waals surface area contributed by atoms with Gasteiger partial charge in [-0.15, -0.1) is 0 Å². The van der Waals surface area contributed by atoms with E-state index in [-0.39, 0.29) is 33.5 Å². The van der Waals surface area contributed by atoms with Gasteiger partial charge in [0.2, 0.25) is 10.0 Å². The van der Waals surface area contributed by atoms with Crippen LogP contribution in [-0.2, 0) is 20.0 Å². The molecule has 0 radical (unpaired) electrons. The molecule has 1 fully saturated rings. The number of anilines is 1. The molecule has 1 heterocycles. The van der Waals surface area contributed by atoms with Crippen LogP contribution >= 0.6 is 0 Å². The van der Waals surface area contributed by atoms with Crippen LogP contribution in [0.2, 0.25) is 0 Å². The Balaban J connectivity index is 2.02. The first-order valence-corrected chi connectivity index (χ1v) is 13.0. The summed E-state index contributed by atoms with van der Waals surface area (Å²) >= 11 is 0. The minimum absolute atomic E-state index is 0.00921. The smallest absolute Gasteiger partial charge is 0.270 e. The molecule has 0 unspecified atom stereocenters. The maximum atomic E-state index is 13.2. The summed E-state index contributed by atoms with van der Waals surface area (Å²) in [6.45, 7) is 4.25. The first-order chi connectivity index (χ1) is 15.1. The zero-order valence-corrected chi connectivity index (χ0v) is 19.4. The number of sulfonamides is 2. The van der Waals surface area contributed by atoms with E-state index in [0.717, 1.165) is 25.3 Å². The lowest BCUT2D eigenvalue weighted by atomic mass is 10.2. The first-order valence-electron chi connectivity index (χ1n) is 10.1. The number of rotatable bonds is 8. The van der Waals surface area contributed by atoms with Crippen molar-refractivity contribution in [2.45, 2.75) is 42.9 Å². The molecule has 2 aromatic rings. The van der Waals surface area contributed by atoms with Gasteiger partial charge >= 0.3 is 0 Å². The standard InChI is InChI=1S/C20H25N3O7S2/c1-3-30-18-10-8-16(13-20(18)32(28,29)22-11-5-4-6-12-22)21-31(26,27)19-14-17(23(24)25)9-7-15(19)2/h7-10,13-14,21H,3-6,11-12H2,1-2H3. The molecule has 0 saturated carbocycles. The van der Waals surface area contributed by atoms with E-state index in [9.17, 15) is 26.9 Å². The molecule has 32 heavy (non-hydrogen) atoms. The summed E-state index contributed by atoms with van der Waals surface area (Å²) in [6.07, 6.45) is 2.45. The van der Waals surface area contributed by atoms with Crippen LogP contribution < -0.4 is 9.46 Å². The minimum Gasteiger partial charge on any atom is -0.492 e. The summed E-state index contributed by atoms with van der Waals surface area (Å²) < 4.78 is 61.6. The molecule has 1 saturated heterocycles. The number of hydrogen-bond donors (Lipinski definition) is 1. The zero-order chi connectivity index (χ0) is 23.5. The maximum Gasteiger partial charge on any atom is 0.270 e. The molecule has 0 aliphatic carbocycles. The van der Waals surface area contributed by atoms with Gasteiger partial charge in [-0.2, -0.15) is 4.31 Å². The Hall–Kier alpha value is -2.70. The number of aryl methyl sites for hydroxylation is 1. The molecule has 0 atom stereocenters. The Morgan fingerprint density at radius 3 is 2.34 bits per heavy atom. The molecule has 0 aromatic heterocycles. The second-order valence-electron chi connectivity index (χ2n) is 7.37. The highest BCUT2D eigenvalue weighted by atomic mass is 32.2. The van der Waals surface area contributed by atoms with Crippen LogP contribution in [0.25, 0.3) is 0 Å². The van der Waals surface area contributed by atoms with E-state index in [2.05, 4.69) is 4.72 Å². The molecular formula is C20H25N3O7S2. The van der Waals surface area contributed by atoms with Crippen molar-refractivity contribution in [3.05, 3.63) is 52.1 Å². The molecule has 0 bridgehead atoms. The number of non-ortho nitro benzene ring substituents is 1. The second-order valence-corrected chi connectivity index (χ2v) is 10.9. The lowest BCUT2D eigenvalue weighted by molar-refractivity contribution is -0.385. The van der Waals surface area contributed by atoms with E-state index in [1.165, 1.54) is 41.6 Å². The van der Waals surface area contributed by atoms with E-state index in [4.69, 9.17) is 4.74 Å². The van der Waals surface area contributed by atoms with Gasteiger partial charge in [0.25, 0.3) is 15.7 Å². The normalized spacial score (nSPS) is 15.3. The predicted octanol–water partition coefficient (Wildman–Crippen LogP) is 3.28. The van der Waals surface area contributed by atoms with Gasteiger partial charge in [0.05, 0.1) is 22.1 Å². The molecule has 0 spiro atoms. The molecule has 1 N–H and O–H groups in total. The number of nitrogens with one attached hydrogen (secondary N) is 1. The van der Waals surface area contributed by atoms with Crippen molar-refractivity contribution in [1.82, 2.24) is 4.31 Å². The average Bonchev–Trinajstić information content (AvgIpc) is 2.75.